The van der Waals surface area contributed by atoms with Gasteiger partial charge in [-0.1, -0.05) is 315 Å². The molecule has 0 saturated heterocycles. The van der Waals surface area contributed by atoms with Crippen molar-refractivity contribution in [2.75, 3.05) is 0 Å². The van der Waals surface area contributed by atoms with Gasteiger partial charge in [0.05, 0.1) is 44.1 Å². The van der Waals surface area contributed by atoms with Gasteiger partial charge in [0.2, 0.25) is 0 Å². The maximum atomic E-state index is 17.3. The summed E-state index contributed by atoms with van der Waals surface area (Å²) in [6.45, 7) is 0. The Kier molecular flexibility index (Phi) is 15.1. The van der Waals surface area contributed by atoms with Crippen LogP contribution in [0.25, 0.3) is 143 Å². The summed E-state index contributed by atoms with van der Waals surface area (Å²) in [7, 11) is -6.51. The van der Waals surface area contributed by atoms with E-state index in [0.717, 1.165) is 99.5 Å². The summed E-state index contributed by atoms with van der Waals surface area (Å²) >= 11 is 0. The lowest BCUT2D eigenvalue weighted by molar-refractivity contribution is 0.592. The number of rotatable bonds is 14. The molecule has 0 N–H and O–H groups in total. The summed E-state index contributed by atoms with van der Waals surface area (Å²) in [6, 6.07) is 152. The van der Waals surface area contributed by atoms with Crippen molar-refractivity contribution in [2.45, 2.75) is 0 Å². The highest BCUT2D eigenvalue weighted by atomic mass is 31.2. The van der Waals surface area contributed by atoms with E-state index in [0.29, 0.717) is 0 Å². The molecule has 21 aromatic rings. The normalized spacial score (nSPS) is 12.5. The lowest BCUT2D eigenvalue weighted by Crippen LogP contribution is -2.74. The molecule has 0 aliphatic carbocycles. The molecule has 4 heterocycles. The van der Waals surface area contributed by atoms with E-state index in [1.807, 2.05) is 0 Å². The van der Waals surface area contributed by atoms with Gasteiger partial charge in [-0.25, -0.2) is 0 Å². The molecule has 0 aliphatic heterocycles. The first-order valence-corrected chi connectivity index (χ1v) is 41.1. The van der Waals surface area contributed by atoms with E-state index in [4.69, 9.17) is 0 Å². The standard InChI is InChI=1S/C102H69N4OPSi/c107-108(82-59-61-86(62-60-82)109(83-31-4-1-5-32-83,84-33-6-2-7-34-84)85-35-8-3-9-36-85,80-55-49-70(50-56-80)72-25-22-28-76(65-72)105-100-48-21-15-42-92(100)94-69-79(54-64-102(94)105)106-97-45-18-12-39-89(97)90-40-13-19-46-98(90)106)81-57-51-71(52-58-81)75-53-63-101-93(68-75)91-41-14-20-47-99(91)104(101)78-30-24-27-74(67-78)73-26-23-29-77(66-73)103-95-43-16-10-37-87(95)88-38-11-17-44-96(88)103/h1-69H. The van der Waals surface area contributed by atoms with Crippen LogP contribution in [0.4, 0.5) is 0 Å². The van der Waals surface area contributed by atoms with Crippen molar-refractivity contribution in [3.8, 4) is 56.1 Å². The van der Waals surface area contributed by atoms with Gasteiger partial charge in [-0.15, -0.1) is 0 Å². The van der Waals surface area contributed by atoms with Crippen molar-refractivity contribution < 1.29 is 4.57 Å². The number of para-hydroxylation sites is 6. The Bertz CT molecular complexity index is 6970. The van der Waals surface area contributed by atoms with Gasteiger partial charge in [-0.2, -0.15) is 0 Å². The summed E-state index contributed by atoms with van der Waals surface area (Å²) in [5, 5.41) is 17.1. The smallest absolute Gasteiger partial charge is 0.179 e. The minimum Gasteiger partial charge on any atom is -0.309 e. The summed E-state index contributed by atoms with van der Waals surface area (Å²) in [4.78, 5) is 0. The molecular formula is C102H69N4OPSi. The SMILES string of the molecule is O=P(c1ccc(-c2cccc(-n3c4ccccc4c4cc(-n5c6ccccc6c6ccccc65)ccc43)c2)cc1)(c1ccc(-c2ccc3c(c2)c2ccccc2n3-c2cccc(-c3cccc(-n4c5ccccc5c5ccccc54)c3)c2)cc1)c1ccc([Si](c2ccccc2)(c2ccccc2)c2ccccc2)cc1. The van der Waals surface area contributed by atoms with Gasteiger partial charge in [0.15, 0.2) is 15.2 Å². The van der Waals surface area contributed by atoms with Gasteiger partial charge in [-0.3, -0.25) is 0 Å². The molecule has 0 spiro atoms. The fourth-order valence-corrected chi connectivity index (χ4v) is 25.2. The van der Waals surface area contributed by atoms with Crippen LogP contribution in [-0.2, 0) is 4.57 Å². The number of aromatic nitrogens is 4. The third-order valence-electron chi connectivity index (χ3n) is 22.8. The minimum atomic E-state index is -3.60. The second-order valence-corrected chi connectivity index (χ2v) is 35.2. The highest BCUT2D eigenvalue weighted by molar-refractivity contribution is 7.85. The predicted molar refractivity (Wildman–Crippen MR) is 463 cm³/mol. The molecule has 0 radical (unpaired) electrons. The van der Waals surface area contributed by atoms with Crippen molar-refractivity contribution >= 4 is 139 Å². The van der Waals surface area contributed by atoms with E-state index < -0.39 is 15.2 Å². The van der Waals surface area contributed by atoms with E-state index in [9.17, 15) is 0 Å². The molecule has 512 valence electrons. The highest BCUT2D eigenvalue weighted by Crippen LogP contribution is 2.45. The first-order chi connectivity index (χ1) is 53.9. The third kappa shape index (κ3) is 10.2. The molecule has 7 heteroatoms. The molecule has 0 aliphatic rings. The van der Waals surface area contributed by atoms with E-state index in [1.54, 1.807) is 0 Å². The zero-order valence-corrected chi connectivity index (χ0v) is 61.4. The molecule has 21 rings (SSSR count). The van der Waals surface area contributed by atoms with Crippen LogP contribution in [-0.4, -0.2) is 26.3 Å². The van der Waals surface area contributed by atoms with Gasteiger partial charge in [0, 0.05) is 81.8 Å². The Labute approximate surface area is 632 Å². The molecule has 17 aromatic carbocycles. The zero-order chi connectivity index (χ0) is 72.2. The van der Waals surface area contributed by atoms with Crippen LogP contribution in [0.2, 0.25) is 0 Å². The maximum absolute atomic E-state index is 17.3. The van der Waals surface area contributed by atoms with Gasteiger partial charge in [0.25, 0.3) is 0 Å². The maximum Gasteiger partial charge on any atom is 0.179 e. The second-order valence-electron chi connectivity index (χ2n) is 28.6. The van der Waals surface area contributed by atoms with Gasteiger partial charge in [-0.05, 0) is 157 Å². The second kappa shape index (κ2) is 25.9. The molecule has 0 fully saturated rings. The van der Waals surface area contributed by atoms with Crippen molar-refractivity contribution in [1.82, 2.24) is 18.3 Å². The van der Waals surface area contributed by atoms with E-state index in [-0.39, 0.29) is 0 Å². The van der Waals surface area contributed by atoms with Crippen LogP contribution in [0, 0.1) is 0 Å². The van der Waals surface area contributed by atoms with Crippen LogP contribution in [0.5, 0.6) is 0 Å². The summed E-state index contributed by atoms with van der Waals surface area (Å²) in [6.07, 6.45) is 0. The quantitative estimate of drug-likeness (QED) is 0.0607. The van der Waals surface area contributed by atoms with Gasteiger partial charge in [0.1, 0.15) is 0 Å². The Balaban J connectivity index is 0.654. The highest BCUT2D eigenvalue weighted by Gasteiger charge is 2.42. The minimum absolute atomic E-state index is 0.765. The van der Waals surface area contributed by atoms with Crippen molar-refractivity contribution in [3.05, 3.63) is 419 Å². The van der Waals surface area contributed by atoms with Crippen LogP contribution < -0.4 is 36.7 Å². The molecule has 109 heavy (non-hydrogen) atoms. The predicted octanol–water partition coefficient (Wildman–Crippen LogP) is 22.1. The molecular weight excluding hydrogens is 1360 g/mol. The molecule has 0 amide bonds. The average Bonchev–Trinajstić information content (AvgIpc) is 1.77. The number of hydrogen-bond acceptors (Lipinski definition) is 1. The molecule has 0 bridgehead atoms. The Morgan fingerprint density at radius 2 is 0.422 bits per heavy atom. The lowest BCUT2D eigenvalue weighted by Gasteiger charge is -2.34. The summed E-state index contributed by atoms with van der Waals surface area (Å²) < 4.78 is 26.9. The topological polar surface area (TPSA) is 36.8 Å². The van der Waals surface area contributed by atoms with Gasteiger partial charge >= 0.3 is 0 Å². The Hall–Kier alpha value is -13.6. The van der Waals surface area contributed by atoms with Crippen LogP contribution in [0.1, 0.15) is 0 Å². The fraction of sp³-hybridized carbons (Fsp3) is 0. The number of hydrogen-bond donors (Lipinski definition) is 0. The van der Waals surface area contributed by atoms with E-state index in [1.165, 1.54) is 80.5 Å². The van der Waals surface area contributed by atoms with Crippen molar-refractivity contribution in [2.24, 2.45) is 0 Å². The summed E-state index contributed by atoms with van der Waals surface area (Å²) in [5.74, 6) is 0. The van der Waals surface area contributed by atoms with Crippen molar-refractivity contribution in [1.29, 1.82) is 0 Å². The van der Waals surface area contributed by atoms with Gasteiger partial charge < -0.3 is 22.8 Å². The molecule has 5 nitrogen and oxygen atoms in total. The first-order valence-electron chi connectivity index (χ1n) is 37.4. The third-order valence-corrected chi connectivity index (χ3v) is 30.7. The Morgan fingerprint density at radius 1 is 0.174 bits per heavy atom. The van der Waals surface area contributed by atoms with Crippen molar-refractivity contribution in [3.63, 3.8) is 0 Å². The van der Waals surface area contributed by atoms with Crippen LogP contribution in [0.3, 0.4) is 0 Å². The monoisotopic (exact) mass is 1420 g/mol. The number of fused-ring (bicyclic) bond motifs is 12. The average molecular weight is 1430 g/mol. The largest absolute Gasteiger partial charge is 0.309 e. The molecule has 1 unspecified atom stereocenters. The number of nitrogens with zero attached hydrogens (tertiary/aromatic N) is 4. The van der Waals surface area contributed by atoms with Crippen LogP contribution >= 0.6 is 7.14 Å². The Morgan fingerprint density at radius 3 is 0.780 bits per heavy atom. The first kappa shape index (κ1) is 63.8. The summed E-state index contributed by atoms with van der Waals surface area (Å²) in [5.41, 5.74) is 20.2. The molecule has 4 aromatic heterocycles. The number of benzene rings is 17. The zero-order valence-electron chi connectivity index (χ0n) is 59.5. The van der Waals surface area contributed by atoms with E-state index in [2.05, 4.69) is 437 Å². The molecule has 0 saturated carbocycles. The van der Waals surface area contributed by atoms with E-state index >= 15 is 4.57 Å². The fourth-order valence-electron chi connectivity index (χ4n) is 17.8. The lowest BCUT2D eigenvalue weighted by atomic mass is 10.0. The molecule has 1 atom stereocenters. The van der Waals surface area contributed by atoms with Crippen LogP contribution in [0.15, 0.2) is 419 Å².